The summed E-state index contributed by atoms with van der Waals surface area (Å²) in [7, 11) is 0. The van der Waals surface area contributed by atoms with E-state index in [2.05, 4.69) is 15.0 Å². The van der Waals surface area contributed by atoms with E-state index in [1.807, 2.05) is 0 Å². The third-order valence-electron chi connectivity index (χ3n) is 1.37. The van der Waals surface area contributed by atoms with Crippen LogP contribution >= 0.6 is 22.9 Å². The van der Waals surface area contributed by atoms with Crippen molar-refractivity contribution in [3.63, 3.8) is 0 Å². The van der Waals surface area contributed by atoms with E-state index >= 15 is 0 Å². The first-order valence-electron chi connectivity index (χ1n) is 3.74. The minimum absolute atomic E-state index is 0.0159. The molecular weight excluding hydrogens is 330 g/mol. The fraction of sp³-hybridized carbons (Fsp3) is 0.500. The minimum Gasteiger partial charge on any atom is -0.461 e. The molecule has 15 heavy (non-hydrogen) atoms. The Balaban J connectivity index is 3.16. The van der Waals surface area contributed by atoms with Crippen molar-refractivity contribution in [2.24, 2.45) is 0 Å². The highest BCUT2D eigenvalue weighted by Gasteiger charge is 2.41. The largest absolute Gasteiger partial charge is 0.461 e. The van der Waals surface area contributed by atoms with E-state index < -0.39 is 23.5 Å². The Morgan fingerprint density at radius 2 is 2.20 bits per heavy atom. The van der Waals surface area contributed by atoms with Crippen molar-refractivity contribution in [1.29, 1.82) is 0 Å². The summed E-state index contributed by atoms with van der Waals surface area (Å²) in [4.78, 5) is 11.2. The highest BCUT2D eigenvalue weighted by atomic mass is 127. The van der Waals surface area contributed by atoms with Crippen LogP contribution in [0, 0.1) is 0 Å². The Morgan fingerprint density at radius 3 is 2.67 bits per heavy atom. The molecule has 1 heterocycles. The number of halogens is 4. The van der Waals surface area contributed by atoms with Gasteiger partial charge in [0, 0.05) is 0 Å². The number of nitrogens with zero attached hydrogens (tertiary/aromatic N) is 3. The van der Waals surface area contributed by atoms with Crippen LogP contribution in [0.5, 0.6) is 0 Å². The number of carbonyl (C=O) groups excluding carboxylic acids is 1. The van der Waals surface area contributed by atoms with Crippen molar-refractivity contribution in [3.8, 4) is 0 Å². The molecule has 0 N–H and O–H groups in total. The monoisotopic (exact) mass is 335 g/mol. The van der Waals surface area contributed by atoms with Crippen LogP contribution in [0.25, 0.3) is 0 Å². The summed E-state index contributed by atoms with van der Waals surface area (Å²) >= 11 is 1.42. The summed E-state index contributed by atoms with van der Waals surface area (Å²) < 4.78 is 42.2. The Morgan fingerprint density at radius 1 is 1.60 bits per heavy atom. The van der Waals surface area contributed by atoms with E-state index in [0.717, 1.165) is 0 Å². The Labute approximate surface area is 96.1 Å². The summed E-state index contributed by atoms with van der Waals surface area (Å²) in [5, 5.41) is 5.99. The summed E-state index contributed by atoms with van der Waals surface area (Å²) in [5.41, 5.74) is -2.04. The average Bonchev–Trinajstić information content (AvgIpc) is 2.46. The second-order valence-corrected chi connectivity index (χ2v) is 3.28. The molecular formula is C6H5F3IN3O2. The molecule has 0 aliphatic rings. The summed E-state index contributed by atoms with van der Waals surface area (Å²) in [5.74, 6) is -1.09. The SMILES string of the molecule is CCOC(=O)c1c(C(F)(F)F)nnn1I. The lowest BCUT2D eigenvalue weighted by Crippen LogP contribution is -2.16. The molecule has 0 bridgehead atoms. The average molecular weight is 335 g/mol. The van der Waals surface area contributed by atoms with Crippen LogP contribution in [0.4, 0.5) is 13.2 Å². The number of hydrogen-bond donors (Lipinski definition) is 0. The van der Waals surface area contributed by atoms with E-state index in [1.165, 1.54) is 29.8 Å². The topological polar surface area (TPSA) is 57.0 Å². The molecule has 5 nitrogen and oxygen atoms in total. The predicted molar refractivity (Wildman–Crippen MR) is 50.4 cm³/mol. The molecule has 0 radical (unpaired) electrons. The van der Waals surface area contributed by atoms with Gasteiger partial charge in [0.25, 0.3) is 0 Å². The first-order chi connectivity index (χ1) is 6.88. The molecule has 1 aromatic heterocycles. The maximum Gasteiger partial charge on any atom is 0.437 e. The van der Waals surface area contributed by atoms with Gasteiger partial charge in [-0.1, -0.05) is 5.21 Å². The number of esters is 1. The molecule has 9 heteroatoms. The molecule has 0 saturated carbocycles. The molecule has 0 unspecified atom stereocenters. The molecule has 84 valence electrons. The number of ether oxygens (including phenoxy) is 1. The van der Waals surface area contributed by atoms with Crippen LogP contribution in [-0.2, 0) is 10.9 Å². The van der Waals surface area contributed by atoms with Crippen LogP contribution in [0.2, 0.25) is 0 Å². The summed E-state index contributed by atoms with van der Waals surface area (Å²) in [6.07, 6.45) is -4.72. The molecule has 0 aromatic carbocycles. The molecule has 0 aliphatic heterocycles. The molecule has 1 rings (SSSR count). The quantitative estimate of drug-likeness (QED) is 0.610. The van der Waals surface area contributed by atoms with Crippen LogP contribution < -0.4 is 0 Å². The molecule has 0 spiro atoms. The molecule has 0 atom stereocenters. The van der Waals surface area contributed by atoms with Gasteiger partial charge in [-0.2, -0.15) is 16.1 Å². The van der Waals surface area contributed by atoms with Crippen LogP contribution in [0.15, 0.2) is 0 Å². The van der Waals surface area contributed by atoms with E-state index in [-0.39, 0.29) is 6.61 Å². The van der Waals surface area contributed by atoms with Crippen molar-refractivity contribution in [3.05, 3.63) is 11.4 Å². The highest BCUT2D eigenvalue weighted by molar-refractivity contribution is 14.1. The zero-order valence-electron chi connectivity index (χ0n) is 7.38. The zero-order chi connectivity index (χ0) is 11.6. The first kappa shape index (κ1) is 12.2. The third-order valence-corrected chi connectivity index (χ3v) is 2.04. The number of alkyl halides is 3. The number of aromatic nitrogens is 3. The van der Waals surface area contributed by atoms with Crippen molar-refractivity contribution >= 4 is 28.8 Å². The summed E-state index contributed by atoms with van der Waals surface area (Å²) in [6.45, 7) is 1.48. The van der Waals surface area contributed by atoms with Gasteiger partial charge in [0.1, 0.15) is 0 Å². The molecule has 0 fully saturated rings. The first-order valence-corrected chi connectivity index (χ1v) is 4.70. The fourth-order valence-corrected chi connectivity index (χ4v) is 1.35. The van der Waals surface area contributed by atoms with Gasteiger partial charge in [-0.15, -0.1) is 5.10 Å². The summed E-state index contributed by atoms with van der Waals surface area (Å²) in [6, 6.07) is 0. The van der Waals surface area contributed by atoms with Crippen molar-refractivity contribution in [2.45, 2.75) is 13.1 Å². The van der Waals surface area contributed by atoms with Gasteiger partial charge in [0.2, 0.25) is 5.69 Å². The van der Waals surface area contributed by atoms with E-state index in [1.54, 1.807) is 0 Å². The number of rotatable bonds is 2. The van der Waals surface area contributed by atoms with Gasteiger partial charge in [-0.25, -0.2) is 4.79 Å². The lowest BCUT2D eigenvalue weighted by molar-refractivity contribution is -0.141. The van der Waals surface area contributed by atoms with E-state index in [0.29, 0.717) is 2.90 Å². The van der Waals surface area contributed by atoms with Gasteiger partial charge in [-0.3, -0.25) is 0 Å². The predicted octanol–water partition coefficient (Wildman–Crippen LogP) is 1.67. The molecule has 0 amide bonds. The molecule has 0 saturated heterocycles. The number of carbonyl (C=O) groups is 1. The maximum absolute atomic E-state index is 12.3. The van der Waals surface area contributed by atoms with E-state index in [4.69, 9.17) is 0 Å². The molecule has 1 aromatic rings. The van der Waals surface area contributed by atoms with E-state index in [9.17, 15) is 18.0 Å². The molecule has 0 aliphatic carbocycles. The van der Waals surface area contributed by atoms with Gasteiger partial charge in [0.15, 0.2) is 5.69 Å². The van der Waals surface area contributed by atoms with Crippen molar-refractivity contribution in [1.82, 2.24) is 13.2 Å². The van der Waals surface area contributed by atoms with Gasteiger partial charge in [-0.05, 0) is 6.92 Å². The Kier molecular flexibility index (Phi) is 3.52. The van der Waals surface area contributed by atoms with Crippen LogP contribution in [0.3, 0.4) is 0 Å². The second kappa shape index (κ2) is 4.33. The maximum atomic E-state index is 12.3. The van der Waals surface area contributed by atoms with Crippen molar-refractivity contribution in [2.75, 3.05) is 6.61 Å². The van der Waals surface area contributed by atoms with Gasteiger partial charge in [0.05, 0.1) is 29.5 Å². The van der Waals surface area contributed by atoms with Crippen LogP contribution in [-0.4, -0.2) is 25.8 Å². The van der Waals surface area contributed by atoms with Crippen molar-refractivity contribution < 1.29 is 22.7 Å². The third kappa shape index (κ3) is 2.58. The Hall–Kier alpha value is -0.870. The van der Waals surface area contributed by atoms with Crippen LogP contribution in [0.1, 0.15) is 23.1 Å². The standard InChI is InChI=1S/C6H5F3IN3O2/c1-2-15-5(14)3-4(6(7,8)9)11-12-13(3)10/h2H2,1H3. The normalized spacial score (nSPS) is 11.5. The lowest BCUT2D eigenvalue weighted by atomic mass is 10.3. The van der Waals surface area contributed by atoms with Gasteiger partial charge >= 0.3 is 12.1 Å². The fourth-order valence-electron chi connectivity index (χ4n) is 0.826. The minimum atomic E-state index is -4.72. The smallest absolute Gasteiger partial charge is 0.437 e. The van der Waals surface area contributed by atoms with Gasteiger partial charge < -0.3 is 4.74 Å². The number of hydrogen-bond acceptors (Lipinski definition) is 4. The zero-order valence-corrected chi connectivity index (χ0v) is 9.53. The second-order valence-electron chi connectivity index (χ2n) is 2.36. The Bertz CT molecular complexity index is 376. The lowest BCUT2D eigenvalue weighted by Gasteiger charge is -2.05. The highest BCUT2D eigenvalue weighted by Crippen LogP contribution is 2.30.